The summed E-state index contributed by atoms with van der Waals surface area (Å²) >= 11 is 0. The third kappa shape index (κ3) is 10.1. The van der Waals surface area contributed by atoms with E-state index in [-0.39, 0.29) is 31.6 Å². The molecule has 0 radical (unpaired) electrons. The number of oxime groups is 1. The molecule has 1 aromatic heterocycles. The maximum absolute atomic E-state index is 14.4. The third-order valence-corrected chi connectivity index (χ3v) is 12.4. The summed E-state index contributed by atoms with van der Waals surface area (Å²) in [6.07, 6.45) is 1.93. The van der Waals surface area contributed by atoms with Crippen LogP contribution >= 0.6 is 0 Å². The van der Waals surface area contributed by atoms with E-state index in [1.807, 2.05) is 82.1 Å². The van der Waals surface area contributed by atoms with Gasteiger partial charge in [0.25, 0.3) is 0 Å². The molecule has 13 atom stereocenters. The molecule has 0 spiro atoms. The number of para-hydroxylation sites is 1. The fourth-order valence-electron chi connectivity index (χ4n) is 9.01. The second-order valence-electron chi connectivity index (χ2n) is 16.8. The first-order valence-corrected chi connectivity index (χ1v) is 20.7. The molecule has 4 heterocycles. The van der Waals surface area contributed by atoms with Gasteiger partial charge in [-0.1, -0.05) is 63.2 Å². The van der Waals surface area contributed by atoms with Crippen LogP contribution in [0.4, 0.5) is 4.79 Å². The van der Waals surface area contributed by atoms with E-state index in [1.54, 1.807) is 33.0 Å². The number of methoxy groups -OCH3 is 1. The minimum Gasteiger partial charge on any atom is -0.457 e. The van der Waals surface area contributed by atoms with E-state index in [0.717, 1.165) is 16.5 Å². The van der Waals surface area contributed by atoms with Gasteiger partial charge in [-0.25, -0.2) is 4.79 Å². The number of ketones is 1. The van der Waals surface area contributed by atoms with Gasteiger partial charge in [-0.2, -0.15) is 0 Å². The highest BCUT2D eigenvalue weighted by atomic mass is 16.8. The first kappa shape index (κ1) is 45.9. The molecule has 324 valence electrons. The van der Waals surface area contributed by atoms with E-state index in [0.29, 0.717) is 18.7 Å². The SMILES string of the molecule is C=CCN(C)[C@H]1C[C@@H](C)O[C@@H](O[C@@H]2[C@@H](C)C(=O)[C@@H](C)C(=O)O[C@H](CC)[C@@]3(C)OC(=O)O[C@@H]3[C@@H](C)/C(=N/OC/C=C/c3cnc4ccccc4c3)[C@H](C)C[C@@]2(C)OC)[C@@H]1O. The van der Waals surface area contributed by atoms with Gasteiger partial charge in [0.05, 0.1) is 29.0 Å². The number of carbonyl (C=O) groups excluding carboxylic acids is 3. The first-order valence-electron chi connectivity index (χ1n) is 20.7. The molecule has 14 heteroatoms. The zero-order chi connectivity index (χ0) is 43.2. The fraction of sp³-hybridized carbons (Fsp3) is 0.622. The molecule has 0 saturated carbocycles. The van der Waals surface area contributed by atoms with Crippen molar-refractivity contribution in [1.29, 1.82) is 0 Å². The highest BCUT2D eigenvalue weighted by molar-refractivity contribution is 6.00. The molecule has 0 amide bonds. The lowest BCUT2D eigenvalue weighted by atomic mass is 9.74. The number of aliphatic hydroxyl groups excluding tert-OH is 1. The van der Waals surface area contributed by atoms with Crippen molar-refractivity contribution in [3.63, 3.8) is 0 Å². The van der Waals surface area contributed by atoms with E-state index in [9.17, 15) is 19.5 Å². The second kappa shape index (κ2) is 19.4. The van der Waals surface area contributed by atoms with Crippen LogP contribution in [0.1, 0.15) is 80.2 Å². The summed E-state index contributed by atoms with van der Waals surface area (Å²) < 4.78 is 37.0. The van der Waals surface area contributed by atoms with Gasteiger partial charge in [-0.05, 0) is 77.8 Å². The van der Waals surface area contributed by atoms with Crippen molar-refractivity contribution in [2.45, 2.75) is 129 Å². The van der Waals surface area contributed by atoms with Crippen LogP contribution in [0.25, 0.3) is 17.0 Å². The quantitative estimate of drug-likeness (QED) is 0.0857. The highest BCUT2D eigenvalue weighted by Crippen LogP contribution is 2.42. The Morgan fingerprint density at radius 2 is 1.81 bits per heavy atom. The number of aliphatic hydroxyl groups is 1. The number of cyclic esters (lactones) is 1. The van der Waals surface area contributed by atoms with Gasteiger partial charge in [0.1, 0.15) is 24.7 Å². The Hall–Kier alpha value is -4.21. The molecular weight excluding hydrogens is 759 g/mol. The molecular formula is C45H63N3O11. The van der Waals surface area contributed by atoms with Crippen LogP contribution in [-0.2, 0) is 42.8 Å². The van der Waals surface area contributed by atoms with Crippen LogP contribution in [-0.4, -0.2) is 120 Å². The summed E-state index contributed by atoms with van der Waals surface area (Å²) in [5.41, 5.74) is -0.364. The van der Waals surface area contributed by atoms with Crippen LogP contribution < -0.4 is 0 Å². The number of aromatic nitrogens is 1. The van der Waals surface area contributed by atoms with Crippen molar-refractivity contribution in [2.24, 2.45) is 28.8 Å². The summed E-state index contributed by atoms with van der Waals surface area (Å²) in [4.78, 5) is 53.7. The van der Waals surface area contributed by atoms with E-state index >= 15 is 0 Å². The molecule has 0 bridgehead atoms. The molecule has 14 nitrogen and oxygen atoms in total. The van der Waals surface area contributed by atoms with Gasteiger partial charge in [0.15, 0.2) is 23.8 Å². The lowest BCUT2D eigenvalue weighted by Crippen LogP contribution is -2.60. The number of hydrogen-bond acceptors (Lipinski definition) is 14. The molecule has 3 aliphatic heterocycles. The second-order valence-corrected chi connectivity index (χ2v) is 16.8. The Kier molecular flexibility index (Phi) is 15.1. The highest BCUT2D eigenvalue weighted by Gasteiger charge is 2.58. The Morgan fingerprint density at radius 3 is 2.51 bits per heavy atom. The average Bonchev–Trinajstić information content (AvgIpc) is 3.53. The number of nitrogens with zero attached hydrogens (tertiary/aromatic N) is 3. The summed E-state index contributed by atoms with van der Waals surface area (Å²) in [5, 5.41) is 17.4. The summed E-state index contributed by atoms with van der Waals surface area (Å²) in [5.74, 6) is -4.47. The number of benzene rings is 1. The van der Waals surface area contributed by atoms with Gasteiger partial charge < -0.3 is 38.4 Å². The molecule has 1 aromatic carbocycles. The fourth-order valence-corrected chi connectivity index (χ4v) is 9.01. The number of esters is 1. The largest absolute Gasteiger partial charge is 0.509 e. The molecule has 2 aromatic rings. The predicted octanol–water partition coefficient (Wildman–Crippen LogP) is 6.53. The summed E-state index contributed by atoms with van der Waals surface area (Å²) in [6, 6.07) is 9.57. The Labute approximate surface area is 348 Å². The topological polar surface area (TPSA) is 165 Å². The van der Waals surface area contributed by atoms with Crippen molar-refractivity contribution >= 4 is 40.6 Å². The summed E-state index contributed by atoms with van der Waals surface area (Å²) in [6.45, 7) is 18.7. The van der Waals surface area contributed by atoms with E-state index in [4.69, 9.17) is 33.3 Å². The number of likely N-dealkylation sites (N-methyl/N-ethyl adjacent to an activating group) is 1. The van der Waals surface area contributed by atoms with Crippen LogP contribution in [0.2, 0.25) is 0 Å². The van der Waals surface area contributed by atoms with E-state index in [2.05, 4.69) is 16.7 Å². The number of ether oxygens (including phenoxy) is 6. The Bertz CT molecular complexity index is 1870. The van der Waals surface area contributed by atoms with Crippen molar-refractivity contribution in [3.05, 3.63) is 60.8 Å². The monoisotopic (exact) mass is 821 g/mol. The lowest BCUT2D eigenvalue weighted by molar-refractivity contribution is -0.295. The van der Waals surface area contributed by atoms with Gasteiger partial charge in [-0.15, -0.1) is 6.58 Å². The third-order valence-electron chi connectivity index (χ3n) is 12.4. The van der Waals surface area contributed by atoms with Crippen LogP contribution in [0, 0.1) is 23.7 Å². The van der Waals surface area contributed by atoms with E-state index < -0.39 is 83.5 Å². The number of Topliss-reactive ketones (excluding diaryl/α,β-unsaturated/α-hetero) is 1. The minimum absolute atomic E-state index is 0.108. The molecule has 3 fully saturated rings. The molecule has 3 saturated heterocycles. The summed E-state index contributed by atoms with van der Waals surface area (Å²) in [7, 11) is 3.43. The Morgan fingerprint density at radius 1 is 1.08 bits per heavy atom. The van der Waals surface area contributed by atoms with Gasteiger partial charge in [0.2, 0.25) is 0 Å². The molecule has 3 aliphatic rings. The average molecular weight is 822 g/mol. The predicted molar refractivity (Wildman–Crippen MR) is 222 cm³/mol. The molecule has 1 N–H and O–H groups in total. The van der Waals surface area contributed by atoms with Crippen LogP contribution in [0.5, 0.6) is 0 Å². The van der Waals surface area contributed by atoms with E-state index in [1.165, 1.54) is 14.0 Å². The lowest BCUT2D eigenvalue weighted by Gasteiger charge is -2.47. The number of carbonyl (C=O) groups is 3. The van der Waals surface area contributed by atoms with Crippen molar-refractivity contribution in [3.8, 4) is 0 Å². The number of rotatable bonds is 11. The first-order chi connectivity index (χ1) is 28.0. The molecule has 0 unspecified atom stereocenters. The normalized spacial score (nSPS) is 36.8. The number of hydrogen-bond donors (Lipinski definition) is 1. The zero-order valence-corrected chi connectivity index (χ0v) is 36.2. The maximum atomic E-state index is 14.4. The number of fused-ring (bicyclic) bond motifs is 2. The van der Waals surface area contributed by atoms with Crippen molar-refractivity contribution in [1.82, 2.24) is 9.88 Å². The van der Waals surface area contributed by atoms with Crippen LogP contribution in [0.15, 0.2) is 60.4 Å². The molecule has 59 heavy (non-hydrogen) atoms. The zero-order valence-electron chi connectivity index (χ0n) is 36.2. The standard InChI is InChI=1S/C45H63N3O11/c1-12-20-48(10)34-22-27(4)55-42(38(34)50)57-39-29(6)37(49)30(7)41(51)56-35(13-2)45(9)40(58-43(52)59-45)28(5)36(26(3)24-44(39,8)53-11)47-54-21-16-17-31-23-32-18-14-15-19-33(32)46-25-31/h12,14-19,23,25-30,34-35,38-40,42,50H,1,13,20-22,24H2,2-11H3/b17-16+,47-36+/t26-,27-,28+,29+,30-,34+,35-,38-,39-,40-,42+,44-,45-/m1/s1. The Balaban J connectivity index is 1.53. The minimum atomic E-state index is -1.43. The maximum Gasteiger partial charge on any atom is 0.509 e. The van der Waals surface area contributed by atoms with Crippen molar-refractivity contribution in [2.75, 3.05) is 27.3 Å². The van der Waals surface area contributed by atoms with Gasteiger partial charge >= 0.3 is 12.1 Å². The van der Waals surface area contributed by atoms with Gasteiger partial charge in [0, 0.05) is 49.0 Å². The number of pyridine rings is 1. The van der Waals surface area contributed by atoms with Gasteiger partial charge in [-0.3, -0.25) is 19.5 Å². The smallest absolute Gasteiger partial charge is 0.457 e. The molecule has 0 aliphatic carbocycles. The van der Waals surface area contributed by atoms with Crippen LogP contribution in [0.3, 0.4) is 0 Å². The van der Waals surface area contributed by atoms with Crippen molar-refractivity contribution < 1.29 is 52.7 Å². The molecule has 5 rings (SSSR count).